The molecule has 0 amide bonds. The first-order valence-electron chi connectivity index (χ1n) is 6.08. The van der Waals surface area contributed by atoms with Crippen LogP contribution in [0.3, 0.4) is 0 Å². The van der Waals surface area contributed by atoms with Crippen LogP contribution in [0.15, 0.2) is 58.3 Å². The summed E-state index contributed by atoms with van der Waals surface area (Å²) in [6, 6.07) is 12.0. The summed E-state index contributed by atoms with van der Waals surface area (Å²) in [6.45, 7) is 1.87. The summed E-state index contributed by atoms with van der Waals surface area (Å²) in [4.78, 5) is 0.293. The maximum Gasteiger partial charge on any atom is 0.261 e. The normalized spacial score (nSPS) is 12.1. The van der Waals surface area contributed by atoms with Crippen LogP contribution in [0.4, 0.5) is 5.69 Å². The van der Waals surface area contributed by atoms with E-state index < -0.39 is 19.9 Å². The summed E-state index contributed by atoms with van der Waals surface area (Å²) < 4.78 is 49.4. The van der Waals surface area contributed by atoms with Gasteiger partial charge in [0.25, 0.3) is 10.0 Å². The Hall–Kier alpha value is -1.86. The van der Waals surface area contributed by atoms with Crippen molar-refractivity contribution in [2.75, 3.05) is 11.0 Å². The van der Waals surface area contributed by atoms with Gasteiger partial charge in [0, 0.05) is 11.9 Å². The third-order valence-corrected chi connectivity index (χ3v) is 5.39. The van der Waals surface area contributed by atoms with Crippen molar-refractivity contribution in [3.63, 3.8) is 0 Å². The molecule has 0 aromatic heterocycles. The van der Waals surface area contributed by atoms with Gasteiger partial charge in [0.2, 0.25) is 0 Å². The Labute approximate surface area is 124 Å². The molecule has 0 bridgehead atoms. The van der Waals surface area contributed by atoms with Crippen LogP contribution in [0.25, 0.3) is 0 Å². The zero-order chi connectivity index (χ0) is 15.7. The van der Waals surface area contributed by atoms with Gasteiger partial charge < -0.3 is 0 Å². The largest absolute Gasteiger partial charge is 0.280 e. The third kappa shape index (κ3) is 3.83. The maximum absolute atomic E-state index is 12.2. The molecule has 1 N–H and O–H groups in total. The van der Waals surface area contributed by atoms with Crippen LogP contribution in [-0.4, -0.2) is 23.1 Å². The van der Waals surface area contributed by atoms with Crippen LogP contribution in [0.5, 0.6) is 0 Å². The van der Waals surface area contributed by atoms with E-state index in [9.17, 15) is 16.8 Å². The van der Waals surface area contributed by atoms with E-state index in [0.29, 0.717) is 5.69 Å². The van der Waals surface area contributed by atoms with E-state index >= 15 is 0 Å². The number of aryl methyl sites for hydroxylation is 1. The lowest BCUT2D eigenvalue weighted by atomic mass is 10.2. The summed E-state index contributed by atoms with van der Waals surface area (Å²) in [5.74, 6) is 0. The molecule has 21 heavy (non-hydrogen) atoms. The van der Waals surface area contributed by atoms with Crippen LogP contribution in [0.2, 0.25) is 0 Å². The molecule has 0 heterocycles. The molecule has 0 aliphatic carbocycles. The number of anilines is 1. The van der Waals surface area contributed by atoms with Crippen LogP contribution in [-0.2, 0) is 19.9 Å². The highest BCUT2D eigenvalue weighted by Gasteiger charge is 2.14. The molecular weight excluding hydrogens is 310 g/mol. The van der Waals surface area contributed by atoms with Gasteiger partial charge in [-0.05, 0) is 43.3 Å². The van der Waals surface area contributed by atoms with Gasteiger partial charge in [0.1, 0.15) is 0 Å². The van der Waals surface area contributed by atoms with Crippen molar-refractivity contribution in [2.45, 2.75) is 16.7 Å². The van der Waals surface area contributed by atoms with Crippen molar-refractivity contribution in [2.24, 2.45) is 0 Å². The molecule has 0 atom stereocenters. The smallest absolute Gasteiger partial charge is 0.261 e. The quantitative estimate of drug-likeness (QED) is 0.934. The number of sulfone groups is 1. The van der Waals surface area contributed by atoms with E-state index in [2.05, 4.69) is 4.72 Å². The van der Waals surface area contributed by atoms with Gasteiger partial charge in [-0.25, -0.2) is 16.8 Å². The highest BCUT2D eigenvalue weighted by molar-refractivity contribution is 7.92. The van der Waals surface area contributed by atoms with Crippen molar-refractivity contribution >= 4 is 25.5 Å². The van der Waals surface area contributed by atoms with E-state index in [4.69, 9.17) is 0 Å². The van der Waals surface area contributed by atoms with Gasteiger partial charge in [-0.1, -0.05) is 17.7 Å². The molecule has 2 rings (SSSR count). The van der Waals surface area contributed by atoms with Crippen LogP contribution in [0.1, 0.15) is 5.56 Å². The standard InChI is InChI=1S/C14H15NO4S2/c1-11-3-7-14(8-4-11)21(18,19)15-12-5-9-13(10-6-12)20(2,16)17/h3-10,15H,1-2H3. The average molecular weight is 325 g/mol. The second-order valence-corrected chi connectivity index (χ2v) is 8.41. The molecule has 0 aliphatic rings. The third-order valence-electron chi connectivity index (χ3n) is 2.87. The molecule has 0 saturated carbocycles. The number of hydrogen-bond acceptors (Lipinski definition) is 4. The first-order chi connectivity index (χ1) is 9.68. The minimum Gasteiger partial charge on any atom is -0.280 e. The number of rotatable bonds is 4. The van der Waals surface area contributed by atoms with Gasteiger partial charge >= 0.3 is 0 Å². The lowest BCUT2D eigenvalue weighted by molar-refractivity contribution is 0.600. The van der Waals surface area contributed by atoms with Crippen molar-refractivity contribution in [3.05, 3.63) is 54.1 Å². The van der Waals surface area contributed by atoms with E-state index in [1.165, 1.54) is 36.4 Å². The minimum atomic E-state index is -3.68. The Morgan fingerprint density at radius 3 is 1.71 bits per heavy atom. The summed E-state index contributed by atoms with van der Waals surface area (Å²) in [6.07, 6.45) is 1.10. The molecule has 112 valence electrons. The van der Waals surface area contributed by atoms with Gasteiger partial charge in [0.05, 0.1) is 9.79 Å². The highest BCUT2D eigenvalue weighted by atomic mass is 32.2. The molecule has 0 saturated heterocycles. The fraction of sp³-hybridized carbons (Fsp3) is 0.143. The minimum absolute atomic E-state index is 0.140. The van der Waals surface area contributed by atoms with Crippen LogP contribution >= 0.6 is 0 Å². The Morgan fingerprint density at radius 2 is 1.24 bits per heavy atom. The SMILES string of the molecule is Cc1ccc(S(=O)(=O)Nc2ccc(S(C)(=O)=O)cc2)cc1. The predicted octanol–water partition coefficient (Wildman–Crippen LogP) is 2.20. The molecule has 0 radical (unpaired) electrons. The van der Waals surface area contributed by atoms with Crippen molar-refractivity contribution in [3.8, 4) is 0 Å². The molecule has 0 unspecified atom stereocenters. The van der Waals surface area contributed by atoms with E-state index in [-0.39, 0.29) is 9.79 Å². The Kier molecular flexibility index (Phi) is 4.06. The fourth-order valence-electron chi connectivity index (χ4n) is 1.70. The van der Waals surface area contributed by atoms with Crippen LogP contribution < -0.4 is 4.72 Å². The van der Waals surface area contributed by atoms with Crippen molar-refractivity contribution < 1.29 is 16.8 Å². The average Bonchev–Trinajstić information content (AvgIpc) is 2.38. The summed E-state index contributed by atoms with van der Waals surface area (Å²) in [5.41, 5.74) is 1.27. The molecule has 7 heteroatoms. The number of hydrogen-bond donors (Lipinski definition) is 1. The Balaban J connectivity index is 2.27. The summed E-state index contributed by atoms with van der Waals surface area (Å²) >= 11 is 0. The summed E-state index contributed by atoms with van der Waals surface area (Å²) in [5, 5.41) is 0. The molecule has 2 aromatic rings. The zero-order valence-corrected chi connectivity index (χ0v) is 13.2. The molecule has 5 nitrogen and oxygen atoms in total. The molecule has 2 aromatic carbocycles. The van der Waals surface area contributed by atoms with E-state index in [1.807, 2.05) is 6.92 Å². The fourth-order valence-corrected chi connectivity index (χ4v) is 3.39. The Morgan fingerprint density at radius 1 is 0.762 bits per heavy atom. The Bertz CT molecular complexity index is 837. The van der Waals surface area contributed by atoms with E-state index in [0.717, 1.165) is 11.8 Å². The zero-order valence-electron chi connectivity index (χ0n) is 11.6. The van der Waals surface area contributed by atoms with Gasteiger partial charge in [0.15, 0.2) is 9.84 Å². The highest BCUT2D eigenvalue weighted by Crippen LogP contribution is 2.18. The second kappa shape index (κ2) is 5.50. The molecule has 0 spiro atoms. The molecule has 0 fully saturated rings. The predicted molar refractivity (Wildman–Crippen MR) is 81.5 cm³/mol. The lowest BCUT2D eigenvalue weighted by Gasteiger charge is -2.08. The topological polar surface area (TPSA) is 80.3 Å². The molecule has 0 aliphatic heterocycles. The first kappa shape index (κ1) is 15.5. The second-order valence-electron chi connectivity index (χ2n) is 4.72. The van der Waals surface area contributed by atoms with Gasteiger partial charge in [-0.15, -0.1) is 0 Å². The number of nitrogens with one attached hydrogen (secondary N) is 1. The lowest BCUT2D eigenvalue weighted by Crippen LogP contribution is -2.13. The van der Waals surface area contributed by atoms with Crippen molar-refractivity contribution in [1.82, 2.24) is 0 Å². The monoisotopic (exact) mass is 325 g/mol. The van der Waals surface area contributed by atoms with Gasteiger partial charge in [-0.2, -0.15) is 0 Å². The first-order valence-corrected chi connectivity index (χ1v) is 9.45. The van der Waals surface area contributed by atoms with Crippen molar-refractivity contribution in [1.29, 1.82) is 0 Å². The molecular formula is C14H15NO4S2. The van der Waals surface area contributed by atoms with E-state index in [1.54, 1.807) is 12.1 Å². The number of benzene rings is 2. The van der Waals surface area contributed by atoms with Gasteiger partial charge in [-0.3, -0.25) is 4.72 Å². The summed E-state index contributed by atoms with van der Waals surface area (Å²) in [7, 11) is -6.98. The number of sulfonamides is 1. The maximum atomic E-state index is 12.2. The van der Waals surface area contributed by atoms with Crippen LogP contribution in [0, 0.1) is 6.92 Å².